The summed E-state index contributed by atoms with van der Waals surface area (Å²) in [6, 6.07) is 14.5. The minimum atomic E-state index is 0.549. The summed E-state index contributed by atoms with van der Waals surface area (Å²) in [6.07, 6.45) is 2.28. The number of benzene rings is 2. The molecule has 2 aromatic carbocycles. The van der Waals surface area contributed by atoms with E-state index in [9.17, 15) is 0 Å². The summed E-state index contributed by atoms with van der Waals surface area (Å²) in [5.74, 6) is 0.901. The lowest BCUT2D eigenvalue weighted by molar-refractivity contribution is 0.306. The van der Waals surface area contributed by atoms with Gasteiger partial charge in [-0.2, -0.15) is 8.75 Å². The fraction of sp³-hybridized carbons (Fsp3) is 0.333. The maximum absolute atomic E-state index is 5.86. The molecule has 1 heterocycles. The number of rotatable bonds is 7. The van der Waals surface area contributed by atoms with Gasteiger partial charge in [0, 0.05) is 0 Å². The lowest BCUT2D eigenvalue weighted by Crippen LogP contribution is -2.13. The molecule has 0 spiro atoms. The van der Waals surface area contributed by atoms with Gasteiger partial charge in [-0.25, -0.2) is 0 Å². The smallest absolute Gasteiger partial charge is 0.119 e. The minimum Gasteiger partial charge on any atom is -0.489 e. The van der Waals surface area contributed by atoms with Gasteiger partial charge in [-0.3, -0.25) is 0 Å². The van der Waals surface area contributed by atoms with Gasteiger partial charge in [0.1, 0.15) is 23.4 Å². The average molecular weight is 327 g/mol. The van der Waals surface area contributed by atoms with Crippen LogP contribution in [0.25, 0.3) is 11.0 Å². The van der Waals surface area contributed by atoms with Crippen molar-refractivity contribution in [3.63, 3.8) is 0 Å². The molecule has 1 aromatic heterocycles. The first-order valence-electron chi connectivity index (χ1n) is 7.78. The molecule has 0 N–H and O–H groups in total. The van der Waals surface area contributed by atoms with Crippen LogP contribution < -0.4 is 4.74 Å². The molecule has 0 aliphatic rings. The van der Waals surface area contributed by atoms with E-state index in [0.29, 0.717) is 6.61 Å². The Balaban J connectivity index is 1.53. The Morgan fingerprint density at radius 1 is 0.957 bits per heavy atom. The Hall–Kier alpha value is -1.98. The van der Waals surface area contributed by atoms with Crippen LogP contribution in [0.15, 0.2) is 42.5 Å². The summed E-state index contributed by atoms with van der Waals surface area (Å²) in [4.78, 5) is 2.21. The molecular weight excluding hydrogens is 306 g/mol. The normalized spacial score (nSPS) is 11.3. The summed E-state index contributed by atoms with van der Waals surface area (Å²) < 4.78 is 14.3. The largest absolute Gasteiger partial charge is 0.489 e. The van der Waals surface area contributed by atoms with Crippen LogP contribution in [0.1, 0.15) is 17.5 Å². The molecule has 0 bridgehead atoms. The van der Waals surface area contributed by atoms with Gasteiger partial charge in [0.2, 0.25) is 0 Å². The Morgan fingerprint density at radius 3 is 2.48 bits per heavy atom. The van der Waals surface area contributed by atoms with Gasteiger partial charge in [-0.15, -0.1) is 0 Å². The molecule has 3 rings (SSSR count). The molecule has 0 unspecified atom stereocenters. The van der Waals surface area contributed by atoms with Crippen LogP contribution in [0.5, 0.6) is 5.75 Å². The standard InChI is InChI=1S/C18H21N3OS/c1-21(2)11-3-4-14-5-8-16(9-6-14)22-13-15-7-10-17-18(12-15)20-23-19-17/h5-10,12H,3-4,11,13H2,1-2H3. The monoisotopic (exact) mass is 327 g/mol. The van der Waals surface area contributed by atoms with E-state index >= 15 is 0 Å². The molecule has 0 aliphatic carbocycles. The molecule has 23 heavy (non-hydrogen) atoms. The van der Waals surface area contributed by atoms with E-state index in [1.807, 2.05) is 30.3 Å². The van der Waals surface area contributed by atoms with Crippen LogP contribution >= 0.6 is 11.7 Å². The van der Waals surface area contributed by atoms with E-state index in [2.05, 4.69) is 39.9 Å². The zero-order valence-electron chi connectivity index (χ0n) is 13.5. The Morgan fingerprint density at radius 2 is 1.70 bits per heavy atom. The Bertz CT molecular complexity index is 752. The van der Waals surface area contributed by atoms with E-state index in [-0.39, 0.29) is 0 Å². The van der Waals surface area contributed by atoms with E-state index in [1.54, 1.807) is 0 Å². The SMILES string of the molecule is CN(C)CCCc1ccc(OCc2ccc3nsnc3c2)cc1. The predicted octanol–water partition coefficient (Wildman–Crippen LogP) is 3.76. The zero-order valence-corrected chi connectivity index (χ0v) is 14.3. The first-order chi connectivity index (χ1) is 11.2. The number of hydrogen-bond donors (Lipinski definition) is 0. The number of fused-ring (bicyclic) bond motifs is 1. The van der Waals surface area contributed by atoms with Crippen LogP contribution in [-0.2, 0) is 13.0 Å². The summed E-state index contributed by atoms with van der Waals surface area (Å²) in [5, 5.41) is 0. The summed E-state index contributed by atoms with van der Waals surface area (Å²) in [7, 11) is 4.21. The quantitative estimate of drug-likeness (QED) is 0.662. The fourth-order valence-corrected chi connectivity index (χ4v) is 2.95. The van der Waals surface area contributed by atoms with Gasteiger partial charge in [-0.05, 0) is 68.9 Å². The number of ether oxygens (including phenoxy) is 1. The summed E-state index contributed by atoms with van der Waals surface area (Å²) in [5.41, 5.74) is 4.35. The van der Waals surface area contributed by atoms with Gasteiger partial charge in [0.25, 0.3) is 0 Å². The fourth-order valence-electron chi connectivity index (χ4n) is 2.44. The molecule has 4 nitrogen and oxygen atoms in total. The van der Waals surface area contributed by atoms with Crippen molar-refractivity contribution in [2.24, 2.45) is 0 Å². The average Bonchev–Trinajstić information content (AvgIpc) is 3.01. The van der Waals surface area contributed by atoms with Gasteiger partial charge >= 0.3 is 0 Å². The molecule has 0 saturated heterocycles. The first-order valence-corrected chi connectivity index (χ1v) is 8.51. The third-order valence-corrected chi connectivity index (χ3v) is 4.27. The lowest BCUT2D eigenvalue weighted by Gasteiger charge is -2.10. The van der Waals surface area contributed by atoms with Gasteiger partial charge < -0.3 is 9.64 Å². The highest BCUT2D eigenvalue weighted by molar-refractivity contribution is 7.00. The van der Waals surface area contributed by atoms with Crippen LogP contribution in [0.4, 0.5) is 0 Å². The van der Waals surface area contributed by atoms with Crippen molar-refractivity contribution < 1.29 is 4.74 Å². The maximum atomic E-state index is 5.86. The highest BCUT2D eigenvalue weighted by atomic mass is 32.1. The third kappa shape index (κ3) is 4.50. The number of aromatic nitrogens is 2. The Kier molecular flexibility index (Phi) is 5.20. The lowest BCUT2D eigenvalue weighted by atomic mass is 10.1. The van der Waals surface area contributed by atoms with E-state index in [4.69, 9.17) is 4.74 Å². The second kappa shape index (κ2) is 7.53. The van der Waals surface area contributed by atoms with Crippen molar-refractivity contribution in [3.8, 4) is 5.75 Å². The third-order valence-electron chi connectivity index (χ3n) is 3.72. The highest BCUT2D eigenvalue weighted by Gasteiger charge is 2.02. The number of aryl methyl sites for hydroxylation is 1. The predicted molar refractivity (Wildman–Crippen MR) is 95.1 cm³/mol. The Labute approximate surface area is 141 Å². The van der Waals surface area contributed by atoms with Crippen molar-refractivity contribution in [2.75, 3.05) is 20.6 Å². The van der Waals surface area contributed by atoms with Crippen molar-refractivity contribution in [1.29, 1.82) is 0 Å². The van der Waals surface area contributed by atoms with Crippen molar-refractivity contribution in [1.82, 2.24) is 13.6 Å². The summed E-state index contributed by atoms with van der Waals surface area (Å²) in [6.45, 7) is 1.67. The number of hydrogen-bond acceptors (Lipinski definition) is 5. The minimum absolute atomic E-state index is 0.549. The second-order valence-corrected chi connectivity index (χ2v) is 6.46. The molecule has 0 radical (unpaired) electrons. The summed E-state index contributed by atoms with van der Waals surface area (Å²) >= 11 is 1.24. The van der Waals surface area contributed by atoms with Gasteiger partial charge in [0.15, 0.2) is 0 Å². The van der Waals surface area contributed by atoms with Crippen molar-refractivity contribution in [3.05, 3.63) is 53.6 Å². The number of nitrogens with zero attached hydrogens (tertiary/aromatic N) is 3. The van der Waals surface area contributed by atoms with Gasteiger partial charge in [-0.1, -0.05) is 18.2 Å². The molecule has 0 atom stereocenters. The molecule has 120 valence electrons. The van der Waals surface area contributed by atoms with Crippen molar-refractivity contribution in [2.45, 2.75) is 19.4 Å². The maximum Gasteiger partial charge on any atom is 0.119 e. The van der Waals surface area contributed by atoms with Crippen LogP contribution in [0.3, 0.4) is 0 Å². The van der Waals surface area contributed by atoms with Crippen LogP contribution in [-0.4, -0.2) is 34.3 Å². The van der Waals surface area contributed by atoms with E-state index < -0.39 is 0 Å². The molecular formula is C18H21N3OS. The first kappa shape index (κ1) is 15.9. The van der Waals surface area contributed by atoms with E-state index in [1.165, 1.54) is 23.7 Å². The molecule has 5 heteroatoms. The molecule has 0 saturated carbocycles. The van der Waals surface area contributed by atoms with Crippen LogP contribution in [0.2, 0.25) is 0 Å². The van der Waals surface area contributed by atoms with Crippen LogP contribution in [0, 0.1) is 0 Å². The second-order valence-electron chi connectivity index (χ2n) is 5.93. The zero-order chi connectivity index (χ0) is 16.1. The molecule has 3 aromatic rings. The molecule has 0 fully saturated rings. The molecule has 0 aliphatic heterocycles. The highest BCUT2D eigenvalue weighted by Crippen LogP contribution is 2.18. The van der Waals surface area contributed by atoms with Crippen molar-refractivity contribution >= 4 is 22.8 Å². The van der Waals surface area contributed by atoms with Gasteiger partial charge in [0.05, 0.1) is 11.7 Å². The topological polar surface area (TPSA) is 38.2 Å². The molecule has 0 amide bonds. The van der Waals surface area contributed by atoms with E-state index in [0.717, 1.165) is 35.3 Å².